The SMILES string of the molecule is CC(N)CN(C)Cc1ccc(F)c(F)c1. The molecule has 0 aromatic heterocycles. The topological polar surface area (TPSA) is 29.3 Å². The van der Waals surface area contributed by atoms with Gasteiger partial charge in [0.15, 0.2) is 11.6 Å². The van der Waals surface area contributed by atoms with E-state index in [1.54, 1.807) is 6.07 Å². The average molecular weight is 214 g/mol. The monoisotopic (exact) mass is 214 g/mol. The normalized spacial score (nSPS) is 13.2. The number of hydrogen-bond acceptors (Lipinski definition) is 2. The van der Waals surface area contributed by atoms with Crippen LogP contribution in [0, 0.1) is 11.6 Å². The number of hydrogen-bond donors (Lipinski definition) is 1. The minimum absolute atomic E-state index is 0.0697. The maximum Gasteiger partial charge on any atom is 0.159 e. The molecule has 15 heavy (non-hydrogen) atoms. The van der Waals surface area contributed by atoms with Crippen LogP contribution in [0.4, 0.5) is 8.78 Å². The fourth-order valence-electron chi connectivity index (χ4n) is 1.51. The molecule has 4 heteroatoms. The first-order valence-electron chi connectivity index (χ1n) is 4.87. The Morgan fingerprint density at radius 3 is 2.53 bits per heavy atom. The van der Waals surface area contributed by atoms with Gasteiger partial charge in [-0.2, -0.15) is 0 Å². The highest BCUT2D eigenvalue weighted by atomic mass is 19.2. The van der Waals surface area contributed by atoms with E-state index >= 15 is 0 Å². The van der Waals surface area contributed by atoms with Crippen LogP contribution in [0.1, 0.15) is 12.5 Å². The zero-order valence-corrected chi connectivity index (χ0v) is 9.00. The van der Waals surface area contributed by atoms with Crippen molar-refractivity contribution in [3.05, 3.63) is 35.4 Å². The highest BCUT2D eigenvalue weighted by Crippen LogP contribution is 2.10. The van der Waals surface area contributed by atoms with Crippen molar-refractivity contribution < 1.29 is 8.78 Å². The van der Waals surface area contributed by atoms with Gasteiger partial charge in [0.05, 0.1) is 0 Å². The molecule has 2 nitrogen and oxygen atoms in total. The summed E-state index contributed by atoms with van der Waals surface area (Å²) in [5.74, 6) is -1.62. The summed E-state index contributed by atoms with van der Waals surface area (Å²) in [6.45, 7) is 3.19. The van der Waals surface area contributed by atoms with Gasteiger partial charge in [-0.15, -0.1) is 0 Å². The van der Waals surface area contributed by atoms with Gasteiger partial charge in [0.1, 0.15) is 0 Å². The lowest BCUT2D eigenvalue weighted by Gasteiger charge is -2.18. The van der Waals surface area contributed by atoms with E-state index in [1.807, 2.05) is 18.9 Å². The molecule has 84 valence electrons. The molecule has 2 N–H and O–H groups in total. The van der Waals surface area contributed by atoms with Gasteiger partial charge in [0.2, 0.25) is 0 Å². The van der Waals surface area contributed by atoms with Crippen LogP contribution in [-0.4, -0.2) is 24.5 Å². The molecule has 0 amide bonds. The van der Waals surface area contributed by atoms with E-state index in [9.17, 15) is 8.78 Å². The summed E-state index contributed by atoms with van der Waals surface area (Å²) in [7, 11) is 1.89. The van der Waals surface area contributed by atoms with E-state index in [1.165, 1.54) is 6.07 Å². The predicted octanol–water partition coefficient (Wildman–Crippen LogP) is 1.74. The lowest BCUT2D eigenvalue weighted by atomic mass is 10.2. The van der Waals surface area contributed by atoms with Gasteiger partial charge in [-0.25, -0.2) is 8.78 Å². The number of likely N-dealkylation sites (N-methyl/N-ethyl adjacent to an activating group) is 1. The molecule has 0 fully saturated rings. The lowest BCUT2D eigenvalue weighted by molar-refractivity contribution is 0.309. The minimum Gasteiger partial charge on any atom is -0.327 e. The Morgan fingerprint density at radius 1 is 1.33 bits per heavy atom. The van der Waals surface area contributed by atoms with Gasteiger partial charge >= 0.3 is 0 Å². The van der Waals surface area contributed by atoms with E-state index in [-0.39, 0.29) is 6.04 Å². The Balaban J connectivity index is 2.60. The Hall–Kier alpha value is -1.00. The third-order valence-electron chi connectivity index (χ3n) is 2.04. The first kappa shape index (κ1) is 12.1. The maximum absolute atomic E-state index is 12.9. The number of rotatable bonds is 4. The zero-order valence-electron chi connectivity index (χ0n) is 9.00. The van der Waals surface area contributed by atoms with Crippen molar-refractivity contribution in [2.24, 2.45) is 5.73 Å². The van der Waals surface area contributed by atoms with Crippen molar-refractivity contribution in [1.82, 2.24) is 4.90 Å². The largest absolute Gasteiger partial charge is 0.327 e. The molecular weight excluding hydrogens is 198 g/mol. The smallest absolute Gasteiger partial charge is 0.159 e. The first-order valence-corrected chi connectivity index (χ1v) is 4.87. The van der Waals surface area contributed by atoms with Crippen LogP contribution in [0.25, 0.3) is 0 Å². The number of nitrogens with zero attached hydrogens (tertiary/aromatic N) is 1. The van der Waals surface area contributed by atoms with E-state index in [2.05, 4.69) is 0 Å². The molecule has 1 aromatic rings. The summed E-state index contributed by atoms with van der Waals surface area (Å²) >= 11 is 0. The number of halogens is 2. The van der Waals surface area contributed by atoms with Crippen LogP contribution in [0.5, 0.6) is 0 Å². The second-order valence-corrected chi connectivity index (χ2v) is 3.92. The van der Waals surface area contributed by atoms with E-state index in [0.29, 0.717) is 6.54 Å². The van der Waals surface area contributed by atoms with Crippen molar-refractivity contribution in [2.75, 3.05) is 13.6 Å². The van der Waals surface area contributed by atoms with Crippen LogP contribution >= 0.6 is 0 Å². The van der Waals surface area contributed by atoms with Crippen LogP contribution in [-0.2, 0) is 6.54 Å². The van der Waals surface area contributed by atoms with Gasteiger partial charge in [0, 0.05) is 19.1 Å². The highest BCUT2D eigenvalue weighted by Gasteiger charge is 2.06. The molecule has 0 saturated heterocycles. The van der Waals surface area contributed by atoms with Crippen LogP contribution in [0.2, 0.25) is 0 Å². The molecule has 1 unspecified atom stereocenters. The average Bonchev–Trinajstić information content (AvgIpc) is 2.10. The molecule has 1 rings (SSSR count). The molecule has 0 saturated carbocycles. The summed E-state index contributed by atoms with van der Waals surface area (Å²) in [6.07, 6.45) is 0. The molecule has 0 spiro atoms. The van der Waals surface area contributed by atoms with Gasteiger partial charge in [-0.05, 0) is 31.7 Å². The first-order chi connectivity index (χ1) is 6.99. The van der Waals surface area contributed by atoms with Gasteiger partial charge in [0.25, 0.3) is 0 Å². The van der Waals surface area contributed by atoms with E-state index in [0.717, 1.165) is 18.2 Å². The summed E-state index contributed by atoms with van der Waals surface area (Å²) < 4.78 is 25.5. The molecule has 0 bridgehead atoms. The summed E-state index contributed by atoms with van der Waals surface area (Å²) in [4.78, 5) is 1.97. The Labute approximate surface area is 88.7 Å². The maximum atomic E-state index is 12.9. The van der Waals surface area contributed by atoms with Crippen molar-refractivity contribution in [3.63, 3.8) is 0 Å². The molecule has 0 radical (unpaired) electrons. The van der Waals surface area contributed by atoms with Crippen molar-refractivity contribution in [3.8, 4) is 0 Å². The number of nitrogens with two attached hydrogens (primary N) is 1. The van der Waals surface area contributed by atoms with Crippen LogP contribution in [0.15, 0.2) is 18.2 Å². The second kappa shape index (κ2) is 5.19. The highest BCUT2D eigenvalue weighted by molar-refractivity contribution is 5.17. The van der Waals surface area contributed by atoms with E-state index in [4.69, 9.17) is 5.73 Å². The molecular formula is C11H16F2N2. The third-order valence-corrected chi connectivity index (χ3v) is 2.04. The Bertz CT molecular complexity index is 326. The fraction of sp³-hybridized carbons (Fsp3) is 0.455. The van der Waals surface area contributed by atoms with Crippen molar-refractivity contribution in [2.45, 2.75) is 19.5 Å². The zero-order chi connectivity index (χ0) is 11.4. The quantitative estimate of drug-likeness (QED) is 0.827. The second-order valence-electron chi connectivity index (χ2n) is 3.92. The Kier molecular flexibility index (Phi) is 4.17. The van der Waals surface area contributed by atoms with Crippen LogP contribution in [0.3, 0.4) is 0 Å². The molecule has 0 aliphatic carbocycles. The van der Waals surface area contributed by atoms with Crippen LogP contribution < -0.4 is 5.73 Å². The minimum atomic E-state index is -0.811. The fourth-order valence-corrected chi connectivity index (χ4v) is 1.51. The molecule has 0 aliphatic heterocycles. The van der Waals surface area contributed by atoms with Gasteiger partial charge in [-0.1, -0.05) is 6.07 Å². The Morgan fingerprint density at radius 2 is 2.00 bits per heavy atom. The lowest BCUT2D eigenvalue weighted by Crippen LogP contribution is -2.32. The van der Waals surface area contributed by atoms with Gasteiger partial charge < -0.3 is 10.6 Å². The molecule has 0 aliphatic rings. The predicted molar refractivity (Wildman–Crippen MR) is 56.3 cm³/mol. The third kappa shape index (κ3) is 3.93. The summed E-state index contributed by atoms with van der Waals surface area (Å²) in [6, 6.07) is 4.01. The molecule has 0 heterocycles. The standard InChI is InChI=1S/C11H16F2N2/c1-8(14)6-15(2)7-9-3-4-10(12)11(13)5-9/h3-5,8H,6-7,14H2,1-2H3. The summed E-state index contributed by atoms with van der Waals surface area (Å²) in [5, 5.41) is 0. The van der Waals surface area contributed by atoms with Gasteiger partial charge in [-0.3, -0.25) is 0 Å². The molecule has 1 aromatic carbocycles. The van der Waals surface area contributed by atoms with Crippen molar-refractivity contribution >= 4 is 0 Å². The number of benzene rings is 1. The molecule has 1 atom stereocenters. The van der Waals surface area contributed by atoms with E-state index < -0.39 is 11.6 Å². The summed E-state index contributed by atoms with van der Waals surface area (Å²) in [5.41, 5.74) is 6.37. The van der Waals surface area contributed by atoms with Crippen molar-refractivity contribution in [1.29, 1.82) is 0 Å².